The number of carbonyl (C=O) groups excluding carboxylic acids is 1. The maximum Gasteiger partial charge on any atom is 0.231 e. The number of nitrogens with zero attached hydrogens (tertiary/aromatic N) is 4. The third-order valence-electron chi connectivity index (χ3n) is 3.61. The average molecular weight is 358 g/mol. The Labute approximate surface area is 145 Å². The first kappa shape index (κ1) is 15.0. The lowest BCUT2D eigenvalue weighted by molar-refractivity contribution is -0.115. The summed E-state index contributed by atoms with van der Waals surface area (Å²) >= 11 is 2.93. The van der Waals surface area contributed by atoms with E-state index >= 15 is 0 Å². The predicted molar refractivity (Wildman–Crippen MR) is 97.9 cm³/mol. The molecule has 4 aromatic rings. The maximum absolute atomic E-state index is 12.2. The minimum atomic E-state index is -0.0772. The molecule has 0 radical (unpaired) electrons. The zero-order valence-electron chi connectivity index (χ0n) is 13.0. The second kappa shape index (κ2) is 5.84. The first-order valence-corrected chi connectivity index (χ1v) is 8.97. The van der Waals surface area contributed by atoms with Crippen LogP contribution >= 0.6 is 22.7 Å². The SMILES string of the molecule is CNc1nc2sc(NC(=O)Cc3cccs3)nc2c2c1ncn2C. The van der Waals surface area contributed by atoms with Crippen LogP contribution in [0.25, 0.3) is 21.4 Å². The highest BCUT2D eigenvalue weighted by atomic mass is 32.1. The fourth-order valence-electron chi connectivity index (χ4n) is 2.54. The Morgan fingerprint density at radius 3 is 2.96 bits per heavy atom. The lowest BCUT2D eigenvalue weighted by Gasteiger charge is -2.01. The molecule has 0 bridgehead atoms. The average Bonchev–Trinajstić information content (AvgIpc) is 3.26. The van der Waals surface area contributed by atoms with Gasteiger partial charge in [-0.25, -0.2) is 15.0 Å². The second-order valence-corrected chi connectivity index (χ2v) is 7.25. The van der Waals surface area contributed by atoms with Crippen molar-refractivity contribution in [2.24, 2.45) is 7.05 Å². The number of hydrogen-bond donors (Lipinski definition) is 2. The number of thiophene rings is 1. The summed E-state index contributed by atoms with van der Waals surface area (Å²) in [6, 6.07) is 3.88. The van der Waals surface area contributed by atoms with Gasteiger partial charge in [0.05, 0.1) is 12.7 Å². The van der Waals surface area contributed by atoms with Crippen LogP contribution in [0.2, 0.25) is 0 Å². The van der Waals surface area contributed by atoms with E-state index in [-0.39, 0.29) is 5.91 Å². The van der Waals surface area contributed by atoms with Gasteiger partial charge < -0.3 is 15.2 Å². The minimum absolute atomic E-state index is 0.0772. The van der Waals surface area contributed by atoms with Crippen molar-refractivity contribution in [3.05, 3.63) is 28.7 Å². The summed E-state index contributed by atoms with van der Waals surface area (Å²) in [7, 11) is 3.73. The Bertz CT molecular complexity index is 1030. The number of aryl methyl sites for hydroxylation is 1. The number of amides is 1. The third kappa shape index (κ3) is 2.51. The van der Waals surface area contributed by atoms with E-state index in [1.807, 2.05) is 36.2 Å². The lowest BCUT2D eigenvalue weighted by Crippen LogP contribution is -2.13. The molecule has 0 unspecified atom stereocenters. The highest BCUT2D eigenvalue weighted by Gasteiger charge is 2.17. The molecule has 4 rings (SSSR count). The third-order valence-corrected chi connectivity index (χ3v) is 5.35. The summed E-state index contributed by atoms with van der Waals surface area (Å²) in [4.78, 5) is 27.5. The molecule has 9 heteroatoms. The van der Waals surface area contributed by atoms with Crippen molar-refractivity contribution in [2.45, 2.75) is 6.42 Å². The first-order chi connectivity index (χ1) is 11.7. The molecule has 4 heterocycles. The molecule has 0 aliphatic carbocycles. The molecular formula is C15H14N6OS2. The molecule has 0 atom stereocenters. The van der Waals surface area contributed by atoms with Crippen LogP contribution in [0.5, 0.6) is 0 Å². The van der Waals surface area contributed by atoms with Gasteiger partial charge in [0.15, 0.2) is 10.9 Å². The molecule has 2 N–H and O–H groups in total. The molecule has 0 saturated carbocycles. The first-order valence-electron chi connectivity index (χ1n) is 7.27. The van der Waals surface area contributed by atoms with E-state index in [9.17, 15) is 4.79 Å². The maximum atomic E-state index is 12.2. The highest BCUT2D eigenvalue weighted by Crippen LogP contribution is 2.33. The number of hydrogen-bond acceptors (Lipinski definition) is 7. The summed E-state index contributed by atoms with van der Waals surface area (Å²) in [5.74, 6) is 0.629. The quantitative estimate of drug-likeness (QED) is 0.586. The van der Waals surface area contributed by atoms with Gasteiger partial charge in [-0.05, 0) is 11.4 Å². The van der Waals surface area contributed by atoms with Gasteiger partial charge in [0.25, 0.3) is 0 Å². The molecule has 0 aliphatic rings. The van der Waals surface area contributed by atoms with Gasteiger partial charge in [0, 0.05) is 19.0 Å². The highest BCUT2D eigenvalue weighted by molar-refractivity contribution is 7.22. The van der Waals surface area contributed by atoms with E-state index in [4.69, 9.17) is 0 Å². The number of nitrogens with one attached hydrogen (secondary N) is 2. The Balaban J connectivity index is 1.71. The zero-order chi connectivity index (χ0) is 16.7. The van der Waals surface area contributed by atoms with Crippen molar-refractivity contribution in [3.8, 4) is 0 Å². The molecule has 0 aliphatic heterocycles. The molecule has 122 valence electrons. The number of thiazole rings is 1. The number of fused-ring (bicyclic) bond motifs is 3. The van der Waals surface area contributed by atoms with Crippen LogP contribution in [-0.4, -0.2) is 32.5 Å². The van der Waals surface area contributed by atoms with E-state index in [2.05, 4.69) is 25.6 Å². The number of imidazole rings is 1. The van der Waals surface area contributed by atoms with Crippen molar-refractivity contribution < 1.29 is 4.79 Å². The van der Waals surface area contributed by atoms with E-state index in [1.54, 1.807) is 17.7 Å². The zero-order valence-corrected chi connectivity index (χ0v) is 14.7. The van der Waals surface area contributed by atoms with Crippen molar-refractivity contribution in [2.75, 3.05) is 17.7 Å². The Morgan fingerprint density at radius 1 is 1.33 bits per heavy atom. The smallest absolute Gasteiger partial charge is 0.231 e. The monoisotopic (exact) mass is 358 g/mol. The predicted octanol–water partition coefficient (Wildman–Crippen LogP) is 2.86. The van der Waals surface area contributed by atoms with Crippen molar-refractivity contribution in [1.82, 2.24) is 19.5 Å². The van der Waals surface area contributed by atoms with Crippen LogP contribution < -0.4 is 10.6 Å². The van der Waals surface area contributed by atoms with Gasteiger partial charge in [0.1, 0.15) is 21.4 Å². The largest absolute Gasteiger partial charge is 0.371 e. The summed E-state index contributed by atoms with van der Waals surface area (Å²) < 4.78 is 1.91. The Hall–Kier alpha value is -2.52. The van der Waals surface area contributed by atoms with Crippen molar-refractivity contribution in [3.63, 3.8) is 0 Å². The molecule has 4 aromatic heterocycles. The second-order valence-electron chi connectivity index (χ2n) is 5.24. The van der Waals surface area contributed by atoms with Gasteiger partial charge in [-0.2, -0.15) is 0 Å². The summed E-state index contributed by atoms with van der Waals surface area (Å²) in [6.07, 6.45) is 2.09. The number of carbonyl (C=O) groups is 1. The van der Waals surface area contributed by atoms with E-state index < -0.39 is 0 Å². The molecule has 0 saturated heterocycles. The van der Waals surface area contributed by atoms with Gasteiger partial charge >= 0.3 is 0 Å². The van der Waals surface area contributed by atoms with E-state index in [1.165, 1.54) is 11.3 Å². The molecular weight excluding hydrogens is 344 g/mol. The molecule has 0 aromatic carbocycles. The molecule has 1 amide bonds. The minimum Gasteiger partial charge on any atom is -0.371 e. The normalized spacial score (nSPS) is 11.2. The fourth-order valence-corrected chi connectivity index (χ4v) is 4.11. The van der Waals surface area contributed by atoms with Crippen LogP contribution in [-0.2, 0) is 18.3 Å². The Kier molecular flexibility index (Phi) is 3.66. The van der Waals surface area contributed by atoms with Crippen LogP contribution in [0.3, 0.4) is 0 Å². The van der Waals surface area contributed by atoms with Crippen molar-refractivity contribution >= 4 is 60.9 Å². The molecule has 24 heavy (non-hydrogen) atoms. The van der Waals surface area contributed by atoms with Crippen LogP contribution in [0, 0.1) is 0 Å². The van der Waals surface area contributed by atoms with Crippen LogP contribution in [0.15, 0.2) is 23.8 Å². The van der Waals surface area contributed by atoms with Gasteiger partial charge in [0.2, 0.25) is 5.91 Å². The number of aromatic nitrogens is 4. The summed E-state index contributed by atoms with van der Waals surface area (Å²) in [5, 5.41) is 8.44. The number of rotatable bonds is 4. The van der Waals surface area contributed by atoms with Gasteiger partial charge in [-0.15, -0.1) is 11.3 Å². The summed E-state index contributed by atoms with van der Waals surface area (Å²) in [6.45, 7) is 0. The molecule has 0 spiro atoms. The summed E-state index contributed by atoms with van der Waals surface area (Å²) in [5.41, 5.74) is 2.43. The molecule has 7 nitrogen and oxygen atoms in total. The molecule has 0 fully saturated rings. The van der Waals surface area contributed by atoms with Crippen LogP contribution in [0.1, 0.15) is 4.88 Å². The Morgan fingerprint density at radius 2 is 2.21 bits per heavy atom. The number of pyridine rings is 1. The van der Waals surface area contributed by atoms with E-state index in [0.29, 0.717) is 17.4 Å². The topological polar surface area (TPSA) is 84.7 Å². The van der Waals surface area contributed by atoms with Crippen LogP contribution in [0.4, 0.5) is 10.9 Å². The van der Waals surface area contributed by atoms with Gasteiger partial charge in [-0.3, -0.25) is 4.79 Å². The lowest BCUT2D eigenvalue weighted by atomic mass is 10.3. The van der Waals surface area contributed by atoms with Gasteiger partial charge in [-0.1, -0.05) is 17.4 Å². The standard InChI is InChI=1S/C15H14N6OS2/c1-16-13-10-12(21(2)7-17-10)11-14(20-13)24-15(19-11)18-9(22)6-8-4-3-5-23-8/h3-5,7H,6H2,1-2H3,(H,16,20)(H,18,19,22). The van der Waals surface area contributed by atoms with E-state index in [0.717, 1.165) is 26.3 Å². The fraction of sp³-hybridized carbons (Fsp3) is 0.200. The van der Waals surface area contributed by atoms with Crippen molar-refractivity contribution in [1.29, 1.82) is 0 Å². The number of anilines is 2.